The lowest BCUT2D eigenvalue weighted by Crippen LogP contribution is -2.28. The van der Waals surface area contributed by atoms with Gasteiger partial charge in [0.05, 0.1) is 11.7 Å². The number of rotatable bonds is 2. The van der Waals surface area contributed by atoms with E-state index in [1.807, 2.05) is 0 Å². The summed E-state index contributed by atoms with van der Waals surface area (Å²) in [5.74, 6) is -2.62. The van der Waals surface area contributed by atoms with E-state index in [2.05, 4.69) is 5.14 Å². The molecular formula is C4H10F3NO2S. The van der Waals surface area contributed by atoms with Crippen LogP contribution in [0.25, 0.3) is 0 Å². The smallest absolute Gasteiger partial charge is 0.286 e. The molecule has 0 spiro atoms. The van der Waals surface area contributed by atoms with Crippen LogP contribution in [0.2, 0.25) is 0 Å². The molecule has 11 heavy (non-hydrogen) atoms. The first-order valence-corrected chi connectivity index (χ1v) is 4.51. The normalized spacial score (nSPS) is 18.1. The first-order valence-electron chi connectivity index (χ1n) is 2.73. The molecule has 0 aromatic carbocycles. The van der Waals surface area contributed by atoms with Gasteiger partial charge in [0.2, 0.25) is 0 Å². The number of alkyl halides is 3. The molecule has 0 saturated carbocycles. The third kappa shape index (κ3) is 5.31. The van der Waals surface area contributed by atoms with Gasteiger partial charge < -0.3 is 0 Å². The van der Waals surface area contributed by atoms with Crippen molar-refractivity contribution >= 4 is 10.8 Å². The Hall–Kier alpha value is 0.0200. The van der Waals surface area contributed by atoms with Gasteiger partial charge in [-0.3, -0.25) is 9.11 Å². The zero-order valence-corrected chi connectivity index (χ0v) is 6.61. The first kappa shape index (κ1) is 11.0. The standard InChI is InChI=1S/C4H10F3NO2S/c1-3(4(5,6)7)2-11(8,9)10/h3,9-10H,2,8H2,1H3. The van der Waals surface area contributed by atoms with Crippen molar-refractivity contribution < 1.29 is 22.3 Å². The maximum atomic E-state index is 11.7. The second-order valence-electron chi connectivity index (χ2n) is 2.33. The molecule has 0 rings (SSSR count). The van der Waals surface area contributed by atoms with E-state index >= 15 is 0 Å². The Bertz CT molecular complexity index is 132. The molecule has 0 amide bonds. The van der Waals surface area contributed by atoms with E-state index in [0.29, 0.717) is 0 Å². The number of hydrogen-bond donors (Lipinski definition) is 3. The van der Waals surface area contributed by atoms with E-state index in [1.165, 1.54) is 0 Å². The van der Waals surface area contributed by atoms with Crippen LogP contribution in [-0.2, 0) is 0 Å². The molecule has 0 radical (unpaired) electrons. The molecule has 0 bridgehead atoms. The van der Waals surface area contributed by atoms with Gasteiger partial charge in [0.15, 0.2) is 0 Å². The largest absolute Gasteiger partial charge is 0.393 e. The zero-order valence-electron chi connectivity index (χ0n) is 5.80. The first-order chi connectivity index (χ1) is 4.63. The second kappa shape index (κ2) is 3.18. The van der Waals surface area contributed by atoms with Crippen molar-refractivity contribution in [2.45, 2.75) is 13.1 Å². The van der Waals surface area contributed by atoms with Crippen LogP contribution < -0.4 is 5.14 Å². The van der Waals surface area contributed by atoms with E-state index in [4.69, 9.17) is 9.11 Å². The topological polar surface area (TPSA) is 66.5 Å². The molecule has 0 aliphatic heterocycles. The van der Waals surface area contributed by atoms with Gasteiger partial charge in [-0.1, -0.05) is 6.92 Å². The summed E-state index contributed by atoms with van der Waals surface area (Å²) in [6, 6.07) is 0. The molecule has 1 unspecified atom stereocenters. The van der Waals surface area contributed by atoms with Crippen molar-refractivity contribution in [3.8, 4) is 0 Å². The molecule has 1 atom stereocenters. The number of nitrogens with two attached hydrogens (primary N) is 1. The van der Waals surface area contributed by atoms with Gasteiger partial charge in [-0.15, -0.1) is 10.8 Å². The lowest BCUT2D eigenvalue weighted by molar-refractivity contribution is -0.163. The van der Waals surface area contributed by atoms with Gasteiger partial charge in [0.25, 0.3) is 0 Å². The molecule has 0 saturated heterocycles. The van der Waals surface area contributed by atoms with Gasteiger partial charge in [-0.2, -0.15) is 13.2 Å². The summed E-state index contributed by atoms with van der Waals surface area (Å²) in [7, 11) is -3.53. The summed E-state index contributed by atoms with van der Waals surface area (Å²) in [5, 5.41) is 4.63. The minimum atomic E-state index is -4.41. The summed E-state index contributed by atoms with van der Waals surface area (Å²) >= 11 is 0. The van der Waals surface area contributed by atoms with Crippen molar-refractivity contribution in [1.82, 2.24) is 0 Å². The molecule has 4 N–H and O–H groups in total. The molecule has 0 aliphatic carbocycles. The number of hydrogen-bond acceptors (Lipinski definition) is 3. The Morgan fingerprint density at radius 2 is 1.82 bits per heavy atom. The predicted molar refractivity (Wildman–Crippen MR) is 37.1 cm³/mol. The molecule has 0 aromatic heterocycles. The third-order valence-corrected chi connectivity index (χ3v) is 2.04. The lowest BCUT2D eigenvalue weighted by atomic mass is 10.2. The van der Waals surface area contributed by atoms with E-state index in [0.717, 1.165) is 6.92 Å². The predicted octanol–water partition coefficient (Wildman–Crippen LogP) is 1.81. The average Bonchev–Trinajstić information content (AvgIpc) is 1.56. The molecule has 0 aromatic rings. The molecule has 3 nitrogen and oxygen atoms in total. The van der Waals surface area contributed by atoms with Gasteiger partial charge in [0, 0.05) is 0 Å². The van der Waals surface area contributed by atoms with E-state index < -0.39 is 28.6 Å². The highest BCUT2D eigenvalue weighted by Crippen LogP contribution is 2.37. The Kier molecular flexibility index (Phi) is 3.18. The van der Waals surface area contributed by atoms with Crippen molar-refractivity contribution in [1.29, 1.82) is 0 Å². The highest BCUT2D eigenvalue weighted by Gasteiger charge is 2.38. The van der Waals surface area contributed by atoms with Gasteiger partial charge >= 0.3 is 6.18 Å². The van der Waals surface area contributed by atoms with Gasteiger partial charge in [-0.25, -0.2) is 5.14 Å². The Morgan fingerprint density at radius 1 is 1.45 bits per heavy atom. The molecule has 7 heteroatoms. The maximum Gasteiger partial charge on any atom is 0.393 e. The van der Waals surface area contributed by atoms with Crippen LogP contribution in [0.5, 0.6) is 0 Å². The van der Waals surface area contributed by atoms with Crippen molar-refractivity contribution in [2.24, 2.45) is 11.1 Å². The minimum Gasteiger partial charge on any atom is -0.286 e. The fraction of sp³-hybridized carbons (Fsp3) is 1.00. The average molecular weight is 193 g/mol. The minimum absolute atomic E-state index is 0.837. The quantitative estimate of drug-likeness (QED) is 0.626. The Morgan fingerprint density at radius 3 is 1.91 bits per heavy atom. The molecule has 0 heterocycles. The Labute approximate surface area is 63.9 Å². The van der Waals surface area contributed by atoms with Crippen LogP contribution in [0.3, 0.4) is 0 Å². The summed E-state index contributed by atoms with van der Waals surface area (Å²) in [4.78, 5) is 0. The van der Waals surface area contributed by atoms with Crippen LogP contribution in [0.4, 0.5) is 13.2 Å². The van der Waals surface area contributed by atoms with Crippen LogP contribution >= 0.6 is 10.8 Å². The van der Waals surface area contributed by atoms with Crippen LogP contribution in [0.1, 0.15) is 6.92 Å². The molecular weight excluding hydrogens is 183 g/mol. The van der Waals surface area contributed by atoms with Crippen LogP contribution in [-0.4, -0.2) is 21.0 Å². The monoisotopic (exact) mass is 193 g/mol. The summed E-state index contributed by atoms with van der Waals surface area (Å²) in [5.41, 5.74) is 0. The second-order valence-corrected chi connectivity index (χ2v) is 4.09. The van der Waals surface area contributed by atoms with E-state index in [9.17, 15) is 13.2 Å². The SMILES string of the molecule is CC(CS(N)(O)O)C(F)(F)F. The van der Waals surface area contributed by atoms with Gasteiger partial charge in [0.1, 0.15) is 0 Å². The highest BCUT2D eigenvalue weighted by atomic mass is 32.3. The summed E-state index contributed by atoms with van der Waals surface area (Å²) in [6.45, 7) is 0.848. The number of halogens is 3. The third-order valence-electron chi connectivity index (χ3n) is 1.05. The van der Waals surface area contributed by atoms with Crippen LogP contribution in [0, 0.1) is 5.92 Å². The zero-order chi connectivity index (χ0) is 9.28. The molecule has 0 aliphatic rings. The van der Waals surface area contributed by atoms with E-state index in [-0.39, 0.29) is 0 Å². The van der Waals surface area contributed by atoms with Crippen molar-refractivity contribution in [3.63, 3.8) is 0 Å². The van der Waals surface area contributed by atoms with Gasteiger partial charge in [-0.05, 0) is 0 Å². The molecule has 70 valence electrons. The summed E-state index contributed by atoms with van der Waals surface area (Å²) in [6.07, 6.45) is -4.41. The van der Waals surface area contributed by atoms with Crippen LogP contribution in [0.15, 0.2) is 0 Å². The lowest BCUT2D eigenvalue weighted by Gasteiger charge is -2.30. The molecule has 0 fully saturated rings. The maximum absolute atomic E-state index is 11.7. The van der Waals surface area contributed by atoms with E-state index in [1.54, 1.807) is 0 Å². The summed E-state index contributed by atoms with van der Waals surface area (Å²) < 4.78 is 52.1. The van der Waals surface area contributed by atoms with Crippen molar-refractivity contribution in [3.05, 3.63) is 0 Å². The highest BCUT2D eigenvalue weighted by molar-refractivity contribution is 8.22. The van der Waals surface area contributed by atoms with Crippen molar-refractivity contribution in [2.75, 3.05) is 5.75 Å². The fourth-order valence-electron chi connectivity index (χ4n) is 0.462. The fourth-order valence-corrected chi connectivity index (χ4v) is 1.39. The Balaban J connectivity index is 3.99.